The number of urea groups is 1. The Hall–Kier alpha value is -2.06. The summed E-state index contributed by atoms with van der Waals surface area (Å²) in [4.78, 5) is 19.0. The van der Waals surface area contributed by atoms with Gasteiger partial charge in [0.05, 0.1) is 16.8 Å². The van der Waals surface area contributed by atoms with Crippen LogP contribution in [0.2, 0.25) is 0 Å². The van der Waals surface area contributed by atoms with Gasteiger partial charge in [0.2, 0.25) is 6.79 Å². The fourth-order valence-corrected chi connectivity index (χ4v) is 4.56. The van der Waals surface area contributed by atoms with E-state index in [0.29, 0.717) is 5.75 Å². The van der Waals surface area contributed by atoms with E-state index in [0.717, 1.165) is 47.0 Å². The number of thiazole rings is 1. The molecule has 3 aliphatic rings. The number of carbonyl (C=O) groups excluding carboxylic acids is 1. The fraction of sp³-hybridized carbons (Fsp3) is 0.467. The largest absolute Gasteiger partial charge is 0.454 e. The van der Waals surface area contributed by atoms with Gasteiger partial charge in [0.1, 0.15) is 5.52 Å². The maximum absolute atomic E-state index is 12.5. The van der Waals surface area contributed by atoms with Crippen LogP contribution in [0.25, 0.3) is 10.2 Å². The first-order valence-corrected chi connectivity index (χ1v) is 8.62. The molecule has 1 aromatic carbocycles. The maximum atomic E-state index is 12.5. The summed E-state index contributed by atoms with van der Waals surface area (Å²) in [5.74, 6) is 1.40. The zero-order valence-electron chi connectivity index (χ0n) is 12.4. The van der Waals surface area contributed by atoms with Gasteiger partial charge in [0.15, 0.2) is 16.6 Å². The van der Waals surface area contributed by atoms with Gasteiger partial charge in [-0.25, -0.2) is 9.78 Å². The average Bonchev–Trinajstić information content (AvgIpc) is 3.19. The van der Waals surface area contributed by atoms with Crippen molar-refractivity contribution in [2.75, 3.05) is 24.8 Å². The maximum Gasteiger partial charge on any atom is 0.324 e. The molecule has 8 heteroatoms. The molecule has 4 heterocycles. The Morgan fingerprint density at radius 2 is 2.30 bits per heavy atom. The number of nitrogens with one attached hydrogen (secondary N) is 2. The predicted molar refractivity (Wildman–Crippen MR) is 86.4 cm³/mol. The van der Waals surface area contributed by atoms with E-state index in [1.807, 2.05) is 17.0 Å². The topological polar surface area (TPSA) is 75.7 Å². The molecular formula is C15H16N4O3S. The smallest absolute Gasteiger partial charge is 0.324 e. The van der Waals surface area contributed by atoms with Crippen LogP contribution in [0.5, 0.6) is 11.5 Å². The summed E-state index contributed by atoms with van der Waals surface area (Å²) in [6.45, 7) is 2.03. The molecular weight excluding hydrogens is 316 g/mol. The number of hydrogen-bond donors (Lipinski definition) is 2. The molecule has 0 radical (unpaired) electrons. The summed E-state index contributed by atoms with van der Waals surface area (Å²) >= 11 is 1.52. The van der Waals surface area contributed by atoms with E-state index in [9.17, 15) is 4.79 Å². The first kappa shape index (κ1) is 13.4. The predicted octanol–water partition coefficient (Wildman–Crippen LogP) is 1.68. The Kier molecular flexibility index (Phi) is 2.89. The number of rotatable bonds is 1. The van der Waals surface area contributed by atoms with Crippen molar-refractivity contribution >= 4 is 32.7 Å². The second kappa shape index (κ2) is 4.97. The van der Waals surface area contributed by atoms with E-state index in [4.69, 9.17) is 14.5 Å². The molecule has 2 unspecified atom stereocenters. The third kappa shape index (κ3) is 1.98. The summed E-state index contributed by atoms with van der Waals surface area (Å²) in [6.07, 6.45) is 2.04. The van der Waals surface area contributed by atoms with Gasteiger partial charge in [0.25, 0.3) is 0 Å². The third-order valence-corrected chi connectivity index (χ3v) is 5.65. The molecule has 2 fully saturated rings. The average molecular weight is 332 g/mol. The number of benzene rings is 1. The minimum absolute atomic E-state index is 0.0587. The van der Waals surface area contributed by atoms with Crippen LogP contribution in [-0.4, -0.2) is 43.0 Å². The van der Waals surface area contributed by atoms with E-state index in [-0.39, 0.29) is 24.9 Å². The lowest BCUT2D eigenvalue weighted by molar-refractivity contribution is 0.174. The number of nitrogens with zero attached hydrogens (tertiary/aromatic N) is 2. The van der Waals surface area contributed by atoms with Gasteiger partial charge in [0, 0.05) is 6.54 Å². The van der Waals surface area contributed by atoms with Crippen molar-refractivity contribution in [1.29, 1.82) is 0 Å². The number of hydrogen-bond acceptors (Lipinski definition) is 6. The van der Waals surface area contributed by atoms with Crippen LogP contribution in [0.15, 0.2) is 12.1 Å². The number of amides is 2. The molecule has 0 saturated carbocycles. The lowest BCUT2D eigenvalue weighted by Crippen LogP contribution is -2.40. The third-order valence-electron chi connectivity index (χ3n) is 4.63. The molecule has 2 amide bonds. The van der Waals surface area contributed by atoms with Crippen LogP contribution in [0.1, 0.15) is 12.8 Å². The van der Waals surface area contributed by atoms with Crippen LogP contribution in [0.3, 0.4) is 0 Å². The lowest BCUT2D eigenvalue weighted by atomic mass is 10.1. The fourth-order valence-electron chi connectivity index (χ4n) is 3.54. The number of ether oxygens (including phenoxy) is 2. The van der Waals surface area contributed by atoms with Crippen LogP contribution in [0, 0.1) is 0 Å². The van der Waals surface area contributed by atoms with Crippen molar-refractivity contribution in [2.24, 2.45) is 0 Å². The Balaban J connectivity index is 1.58. The highest BCUT2D eigenvalue weighted by Crippen LogP contribution is 2.43. The standard InChI is InChI=1S/C15H16N4O3S/c20-14-17-8-6-16-5-1-2-9(8)19(14)15-18-12-11(23-15)4-3-10-13(12)22-7-21-10/h3-4,8-9,16H,1-2,5-7H2,(H,17,20). The number of anilines is 1. The van der Waals surface area contributed by atoms with Gasteiger partial charge in [-0.3, -0.25) is 4.90 Å². The quantitative estimate of drug-likeness (QED) is 0.831. The molecule has 23 heavy (non-hydrogen) atoms. The Morgan fingerprint density at radius 3 is 3.26 bits per heavy atom. The molecule has 5 rings (SSSR count). The number of fused-ring (bicyclic) bond motifs is 4. The minimum Gasteiger partial charge on any atom is -0.454 e. The zero-order valence-corrected chi connectivity index (χ0v) is 13.2. The molecule has 120 valence electrons. The monoisotopic (exact) mass is 332 g/mol. The summed E-state index contributed by atoms with van der Waals surface area (Å²) in [7, 11) is 0. The van der Waals surface area contributed by atoms with Crippen molar-refractivity contribution in [1.82, 2.24) is 15.6 Å². The summed E-state index contributed by atoms with van der Waals surface area (Å²) in [5.41, 5.74) is 0.781. The lowest BCUT2D eigenvalue weighted by Gasteiger charge is -2.22. The molecule has 0 aliphatic carbocycles. The Labute approximate surface area is 136 Å². The van der Waals surface area contributed by atoms with E-state index < -0.39 is 0 Å². The van der Waals surface area contributed by atoms with Crippen LogP contribution in [-0.2, 0) is 0 Å². The first-order chi connectivity index (χ1) is 11.3. The highest BCUT2D eigenvalue weighted by atomic mass is 32.1. The second-order valence-electron chi connectivity index (χ2n) is 5.98. The number of aromatic nitrogens is 1. The molecule has 0 spiro atoms. The van der Waals surface area contributed by atoms with E-state index in [2.05, 4.69) is 10.6 Å². The SMILES string of the molecule is O=C1NC2CNCCCC2N1c1nc2c3c(ccc2s1)OCO3. The minimum atomic E-state index is -0.0587. The normalized spacial score (nSPS) is 26.3. The Bertz CT molecular complexity index is 792. The van der Waals surface area contributed by atoms with Crippen molar-refractivity contribution in [3.8, 4) is 11.5 Å². The second-order valence-corrected chi connectivity index (χ2v) is 6.99. The highest BCUT2D eigenvalue weighted by molar-refractivity contribution is 7.22. The molecule has 7 nitrogen and oxygen atoms in total. The van der Waals surface area contributed by atoms with Crippen molar-refractivity contribution < 1.29 is 14.3 Å². The van der Waals surface area contributed by atoms with Gasteiger partial charge in [-0.1, -0.05) is 11.3 Å². The van der Waals surface area contributed by atoms with E-state index >= 15 is 0 Å². The van der Waals surface area contributed by atoms with E-state index in [1.165, 1.54) is 11.3 Å². The molecule has 3 aliphatic heterocycles. The molecule has 1 aromatic heterocycles. The van der Waals surface area contributed by atoms with Gasteiger partial charge in [-0.2, -0.15) is 0 Å². The Morgan fingerprint density at radius 1 is 1.35 bits per heavy atom. The molecule has 2 atom stereocenters. The van der Waals surface area contributed by atoms with Gasteiger partial charge in [-0.15, -0.1) is 0 Å². The molecule has 2 N–H and O–H groups in total. The van der Waals surface area contributed by atoms with Crippen molar-refractivity contribution in [2.45, 2.75) is 24.9 Å². The summed E-state index contributed by atoms with van der Waals surface area (Å²) < 4.78 is 11.9. The molecule has 2 aromatic rings. The summed E-state index contributed by atoms with van der Waals surface area (Å²) in [6, 6.07) is 4.11. The van der Waals surface area contributed by atoms with Crippen molar-refractivity contribution in [3.63, 3.8) is 0 Å². The summed E-state index contributed by atoms with van der Waals surface area (Å²) in [5, 5.41) is 7.19. The first-order valence-electron chi connectivity index (χ1n) is 7.81. The zero-order chi connectivity index (χ0) is 15.4. The molecule has 2 saturated heterocycles. The van der Waals surface area contributed by atoms with Gasteiger partial charge in [-0.05, 0) is 31.5 Å². The van der Waals surface area contributed by atoms with Gasteiger partial charge >= 0.3 is 6.03 Å². The highest BCUT2D eigenvalue weighted by Gasteiger charge is 2.42. The molecule has 0 bridgehead atoms. The van der Waals surface area contributed by atoms with Crippen molar-refractivity contribution in [3.05, 3.63) is 12.1 Å². The van der Waals surface area contributed by atoms with Crippen LogP contribution in [0.4, 0.5) is 9.93 Å². The van der Waals surface area contributed by atoms with Crippen LogP contribution < -0.4 is 25.0 Å². The number of carbonyl (C=O) groups is 1. The van der Waals surface area contributed by atoms with Gasteiger partial charge < -0.3 is 20.1 Å². The van der Waals surface area contributed by atoms with Crippen LogP contribution >= 0.6 is 11.3 Å². The van der Waals surface area contributed by atoms with E-state index in [1.54, 1.807) is 0 Å².